The number of rotatable bonds is 13. The molecule has 2 aromatic heterocycles. The van der Waals surface area contributed by atoms with Gasteiger partial charge in [0.2, 0.25) is 5.65 Å². The molecule has 2 N–H and O–H groups in total. The number of nitrogens with zero attached hydrogens (tertiary/aromatic N) is 4. The van der Waals surface area contributed by atoms with Crippen LogP contribution in [0.15, 0.2) is 12.7 Å². The van der Waals surface area contributed by atoms with Gasteiger partial charge in [-0.1, -0.05) is 25.3 Å². The van der Waals surface area contributed by atoms with Crippen molar-refractivity contribution in [2.45, 2.75) is 64.6 Å². The minimum atomic E-state index is -2.18. The van der Waals surface area contributed by atoms with E-state index in [1.807, 2.05) is 0 Å². The summed E-state index contributed by atoms with van der Waals surface area (Å²) < 4.78 is 36.7. The standard InChI is InChI=1S/C19H34N5O6PSi/c1-8-26-19(31-25,27-9-2)28-10-14(30-32(6,7)18(3,4)5)11-29-24-13-23-15-16(20)21-12-22-17(15)24/h12-14H,8-11H2,1-7H3,(H2,20,21,22)/p+1. The number of hydrogen-bond acceptors (Lipinski definition) is 10. The third kappa shape index (κ3) is 6.43. The van der Waals surface area contributed by atoms with E-state index in [0.29, 0.717) is 11.2 Å². The molecule has 2 heterocycles. The summed E-state index contributed by atoms with van der Waals surface area (Å²) in [4.78, 5) is 18.2. The monoisotopic (exact) mass is 488 g/mol. The molecule has 11 nitrogen and oxygen atoms in total. The summed E-state index contributed by atoms with van der Waals surface area (Å²) in [7, 11) is -3.16. The quantitative estimate of drug-likeness (QED) is 0.255. The lowest BCUT2D eigenvalue weighted by Gasteiger charge is -2.39. The molecule has 0 aliphatic carbocycles. The van der Waals surface area contributed by atoms with E-state index < -0.39 is 28.6 Å². The molecule has 2 aromatic rings. The molecule has 13 heteroatoms. The summed E-state index contributed by atoms with van der Waals surface area (Å²) in [5.74, 6) is 0.268. The normalized spacial score (nSPS) is 14.2. The minimum absolute atomic E-state index is 0.0359. The van der Waals surface area contributed by atoms with Gasteiger partial charge in [0.15, 0.2) is 19.7 Å². The van der Waals surface area contributed by atoms with Gasteiger partial charge in [0, 0.05) is 0 Å². The van der Waals surface area contributed by atoms with Crippen LogP contribution < -0.4 is 10.6 Å². The molecule has 0 amide bonds. The predicted molar refractivity (Wildman–Crippen MR) is 124 cm³/mol. The number of nitrogen functional groups attached to an aromatic ring is 1. The first kappa shape index (κ1) is 26.6. The van der Waals surface area contributed by atoms with Crippen molar-refractivity contribution in [1.82, 2.24) is 19.7 Å². The lowest BCUT2D eigenvalue weighted by atomic mass is 10.2. The summed E-state index contributed by atoms with van der Waals surface area (Å²) >= 11 is 0. The van der Waals surface area contributed by atoms with Crippen LogP contribution in [-0.2, 0) is 23.2 Å². The zero-order valence-electron chi connectivity index (χ0n) is 19.9. The van der Waals surface area contributed by atoms with Crippen LogP contribution in [0.5, 0.6) is 0 Å². The molecule has 2 rings (SSSR count). The van der Waals surface area contributed by atoms with Crippen molar-refractivity contribution in [3.05, 3.63) is 12.7 Å². The maximum absolute atomic E-state index is 11.9. The van der Waals surface area contributed by atoms with E-state index >= 15 is 0 Å². The smallest absolute Gasteiger partial charge is 0.408 e. The van der Waals surface area contributed by atoms with E-state index in [0.717, 1.165) is 0 Å². The van der Waals surface area contributed by atoms with Gasteiger partial charge < -0.3 is 15.0 Å². The average Bonchev–Trinajstić information content (AvgIpc) is 3.13. The largest absolute Gasteiger partial charge is 0.496 e. The molecule has 0 aromatic carbocycles. The molecule has 0 saturated carbocycles. The Labute approximate surface area is 191 Å². The van der Waals surface area contributed by atoms with Crippen molar-refractivity contribution < 1.29 is 28.0 Å². The summed E-state index contributed by atoms with van der Waals surface area (Å²) in [5.41, 5.74) is 5.11. The van der Waals surface area contributed by atoms with Crippen LogP contribution in [-0.4, -0.2) is 66.2 Å². The Kier molecular flexibility index (Phi) is 9.09. The fourth-order valence-electron chi connectivity index (χ4n) is 2.60. The van der Waals surface area contributed by atoms with Crippen molar-refractivity contribution in [2.24, 2.45) is 0 Å². The number of fused-ring (bicyclic) bond motifs is 1. The van der Waals surface area contributed by atoms with Gasteiger partial charge in [-0.25, -0.2) is 15.0 Å². The van der Waals surface area contributed by atoms with Crippen molar-refractivity contribution >= 4 is 33.8 Å². The minimum Gasteiger partial charge on any atom is -0.408 e. The van der Waals surface area contributed by atoms with Gasteiger partial charge in [0.25, 0.3) is 0 Å². The van der Waals surface area contributed by atoms with Gasteiger partial charge in [0.05, 0.1) is 19.8 Å². The highest BCUT2D eigenvalue weighted by atomic mass is 31.1. The van der Waals surface area contributed by atoms with Gasteiger partial charge in [-0.05, 0) is 32.0 Å². The highest BCUT2D eigenvalue weighted by molar-refractivity contribution is 7.25. The molecule has 0 fully saturated rings. The fourth-order valence-corrected chi connectivity index (χ4v) is 4.47. The van der Waals surface area contributed by atoms with Gasteiger partial charge in [-0.15, -0.1) is 0 Å². The molecule has 0 saturated heterocycles. The SMILES string of the molecule is CCOC(OCC)(OCC(COn1cnc2c(N)ncnc21)O[Si](C)(C)C(C)(C)C)[PH+]=O. The summed E-state index contributed by atoms with van der Waals surface area (Å²) in [6.07, 6.45) is 2.33. The summed E-state index contributed by atoms with van der Waals surface area (Å²) in [6.45, 7) is 15.0. The number of anilines is 1. The van der Waals surface area contributed by atoms with Crippen LogP contribution in [0.1, 0.15) is 34.6 Å². The molecule has 32 heavy (non-hydrogen) atoms. The number of aromatic nitrogens is 4. The van der Waals surface area contributed by atoms with Gasteiger partial charge in [0.1, 0.15) is 25.4 Å². The number of nitrogens with two attached hydrogens (primary N) is 1. The van der Waals surface area contributed by atoms with E-state index in [9.17, 15) is 4.57 Å². The third-order valence-corrected chi connectivity index (χ3v) is 10.5. The molecule has 2 unspecified atom stereocenters. The van der Waals surface area contributed by atoms with Crippen LogP contribution in [0.2, 0.25) is 18.1 Å². The first-order valence-corrected chi connectivity index (χ1v) is 14.4. The zero-order valence-corrected chi connectivity index (χ0v) is 21.9. The van der Waals surface area contributed by atoms with Crippen LogP contribution in [0.3, 0.4) is 0 Å². The molecular formula is C19H35N5O6PSi+. The number of hydrogen-bond donors (Lipinski definition) is 1. The highest BCUT2D eigenvalue weighted by Gasteiger charge is 2.45. The number of ether oxygens (including phenoxy) is 3. The van der Waals surface area contributed by atoms with Crippen molar-refractivity contribution in [3.63, 3.8) is 0 Å². The van der Waals surface area contributed by atoms with Crippen molar-refractivity contribution in [2.75, 3.05) is 32.2 Å². The Morgan fingerprint density at radius 3 is 2.31 bits per heavy atom. The lowest BCUT2D eigenvalue weighted by molar-refractivity contribution is -0.323. The van der Waals surface area contributed by atoms with Crippen molar-refractivity contribution in [3.8, 4) is 0 Å². The topological polar surface area (TPSA) is 133 Å². The van der Waals surface area contributed by atoms with E-state index in [1.165, 1.54) is 17.4 Å². The van der Waals surface area contributed by atoms with E-state index in [2.05, 4.69) is 48.8 Å². The van der Waals surface area contributed by atoms with E-state index in [4.69, 9.17) is 29.2 Å². The molecule has 0 bridgehead atoms. The Bertz CT molecular complexity index is 885. The Morgan fingerprint density at radius 1 is 1.09 bits per heavy atom. The van der Waals surface area contributed by atoms with Crippen LogP contribution in [0, 0.1) is 0 Å². The second-order valence-electron chi connectivity index (χ2n) is 8.63. The van der Waals surface area contributed by atoms with E-state index in [1.54, 1.807) is 13.8 Å². The summed E-state index contributed by atoms with van der Waals surface area (Å²) in [6, 6.07) is 0. The molecular weight excluding hydrogens is 453 g/mol. The first-order chi connectivity index (χ1) is 15.0. The third-order valence-electron chi connectivity index (χ3n) is 5.25. The van der Waals surface area contributed by atoms with E-state index in [-0.39, 0.29) is 37.3 Å². The molecule has 0 spiro atoms. The highest BCUT2D eigenvalue weighted by Crippen LogP contribution is 2.38. The lowest BCUT2D eigenvalue weighted by Crippen LogP contribution is -2.48. The maximum Gasteiger partial charge on any atom is 0.496 e. The predicted octanol–water partition coefficient (Wildman–Crippen LogP) is 2.95. The maximum atomic E-state index is 11.9. The first-order valence-electron chi connectivity index (χ1n) is 10.5. The van der Waals surface area contributed by atoms with Crippen molar-refractivity contribution in [1.29, 1.82) is 0 Å². The zero-order chi connectivity index (χ0) is 24.0. The van der Waals surface area contributed by atoms with Crippen LogP contribution in [0.4, 0.5) is 5.82 Å². The molecule has 0 radical (unpaired) electrons. The van der Waals surface area contributed by atoms with Gasteiger partial charge in [-0.2, -0.15) is 4.73 Å². The summed E-state index contributed by atoms with van der Waals surface area (Å²) in [5, 5.41) is -0.0359. The Morgan fingerprint density at radius 2 is 1.75 bits per heavy atom. The van der Waals surface area contributed by atoms with Crippen LogP contribution in [0.25, 0.3) is 11.2 Å². The second-order valence-corrected chi connectivity index (χ2v) is 14.2. The fraction of sp³-hybridized carbons (Fsp3) is 0.737. The molecule has 2 atom stereocenters. The van der Waals surface area contributed by atoms with Gasteiger partial charge >= 0.3 is 14.2 Å². The molecule has 0 aliphatic heterocycles. The Hall–Kier alpha value is -1.69. The van der Waals surface area contributed by atoms with Gasteiger partial charge in [-0.3, -0.25) is 14.2 Å². The number of imidazole rings is 1. The second kappa shape index (κ2) is 11.0. The van der Waals surface area contributed by atoms with Crippen LogP contribution >= 0.6 is 8.46 Å². The Balaban J connectivity index is 2.21. The molecule has 0 aliphatic rings. The average molecular weight is 489 g/mol. The molecule has 180 valence electrons.